The predicted octanol–water partition coefficient (Wildman–Crippen LogP) is 6.23. The standard InChI is InChI=1S/C26H20N4O2/c27-14-5-15-28-25-13-12-23(32-25)20-7-4-6-19(18-20)22-10-11-24(31-22)26-29-16-17-30(26)21-8-2-1-3-9-21/h1-18H,27H2. The summed E-state index contributed by atoms with van der Waals surface area (Å²) in [5, 5.41) is 0. The van der Waals surface area contributed by atoms with Gasteiger partial charge in [0.2, 0.25) is 5.88 Å². The minimum atomic E-state index is 0.511. The molecule has 0 fully saturated rings. The van der Waals surface area contributed by atoms with Crippen molar-refractivity contribution in [1.29, 1.82) is 0 Å². The number of nitrogens with two attached hydrogens (primary N) is 1. The van der Waals surface area contributed by atoms with Crippen LogP contribution in [0.4, 0.5) is 5.88 Å². The number of nitrogens with zero attached hydrogens (tertiary/aromatic N) is 3. The molecule has 0 bridgehead atoms. The quantitative estimate of drug-likeness (QED) is 0.330. The van der Waals surface area contributed by atoms with Gasteiger partial charge in [-0.25, -0.2) is 9.98 Å². The Kier molecular flexibility index (Phi) is 5.24. The number of para-hydroxylation sites is 1. The normalized spacial score (nSPS) is 11.6. The van der Waals surface area contributed by atoms with Gasteiger partial charge in [0.1, 0.15) is 11.5 Å². The van der Waals surface area contributed by atoms with Gasteiger partial charge in [-0.15, -0.1) is 0 Å². The molecule has 0 aliphatic heterocycles. The Morgan fingerprint density at radius 1 is 0.812 bits per heavy atom. The number of aromatic nitrogens is 2. The summed E-state index contributed by atoms with van der Waals surface area (Å²) in [6.07, 6.45) is 8.34. The van der Waals surface area contributed by atoms with Crippen LogP contribution in [0.2, 0.25) is 0 Å². The monoisotopic (exact) mass is 420 g/mol. The molecule has 0 spiro atoms. The number of furan rings is 2. The third kappa shape index (κ3) is 3.89. The van der Waals surface area contributed by atoms with Crippen molar-refractivity contribution in [2.75, 3.05) is 0 Å². The predicted molar refractivity (Wildman–Crippen MR) is 126 cm³/mol. The summed E-state index contributed by atoms with van der Waals surface area (Å²) in [4.78, 5) is 8.70. The Balaban J connectivity index is 1.43. The molecule has 6 heteroatoms. The molecule has 0 saturated heterocycles. The van der Waals surface area contributed by atoms with Gasteiger partial charge in [-0.2, -0.15) is 0 Å². The molecule has 156 valence electrons. The summed E-state index contributed by atoms with van der Waals surface area (Å²) in [5.41, 5.74) is 8.22. The second kappa shape index (κ2) is 8.65. The molecule has 0 radical (unpaired) electrons. The van der Waals surface area contributed by atoms with Crippen molar-refractivity contribution >= 4 is 12.1 Å². The molecule has 2 N–H and O–H groups in total. The maximum Gasteiger partial charge on any atom is 0.219 e. The minimum absolute atomic E-state index is 0.511. The zero-order valence-electron chi connectivity index (χ0n) is 17.1. The van der Waals surface area contributed by atoms with Gasteiger partial charge in [0.25, 0.3) is 0 Å². The van der Waals surface area contributed by atoms with Crippen LogP contribution in [0, 0.1) is 0 Å². The maximum atomic E-state index is 6.18. The average molecular weight is 420 g/mol. The van der Waals surface area contributed by atoms with E-state index in [2.05, 4.69) is 9.98 Å². The third-order valence-electron chi connectivity index (χ3n) is 4.92. The number of hydrogen-bond donors (Lipinski definition) is 1. The van der Waals surface area contributed by atoms with Gasteiger partial charge in [-0.1, -0.05) is 36.4 Å². The minimum Gasteiger partial charge on any atom is -0.453 e. The molecule has 5 aromatic rings. The van der Waals surface area contributed by atoms with E-state index in [0.29, 0.717) is 11.6 Å². The molecule has 5 rings (SSSR count). The summed E-state index contributed by atoms with van der Waals surface area (Å²) < 4.78 is 14.0. The maximum absolute atomic E-state index is 6.18. The molecule has 32 heavy (non-hydrogen) atoms. The van der Waals surface area contributed by atoms with Crippen molar-refractivity contribution in [3.05, 3.63) is 104 Å². The topological polar surface area (TPSA) is 82.5 Å². The highest BCUT2D eigenvalue weighted by Crippen LogP contribution is 2.33. The number of allylic oxidation sites excluding steroid dienone is 1. The molecular formula is C26H20N4O2. The van der Waals surface area contributed by atoms with Gasteiger partial charge in [-0.05, 0) is 48.7 Å². The number of aliphatic imine (C=N–C) groups is 1. The van der Waals surface area contributed by atoms with Gasteiger partial charge in [0, 0.05) is 41.5 Å². The Labute approximate surface area is 185 Å². The summed E-state index contributed by atoms with van der Waals surface area (Å²) >= 11 is 0. The number of hydrogen-bond acceptors (Lipinski definition) is 5. The van der Waals surface area contributed by atoms with Crippen LogP contribution < -0.4 is 5.73 Å². The first-order valence-corrected chi connectivity index (χ1v) is 10.1. The summed E-state index contributed by atoms with van der Waals surface area (Å²) in [6.45, 7) is 0. The van der Waals surface area contributed by atoms with Crippen LogP contribution in [0.25, 0.3) is 39.9 Å². The number of rotatable bonds is 6. The molecule has 2 aromatic carbocycles. The van der Waals surface area contributed by atoms with Gasteiger partial charge in [-0.3, -0.25) is 4.57 Å². The molecule has 0 aliphatic rings. The lowest BCUT2D eigenvalue weighted by Gasteiger charge is -2.05. The van der Waals surface area contributed by atoms with Crippen LogP contribution in [0.3, 0.4) is 0 Å². The van der Waals surface area contributed by atoms with Crippen LogP contribution in [-0.4, -0.2) is 15.8 Å². The first-order valence-electron chi connectivity index (χ1n) is 10.1. The van der Waals surface area contributed by atoms with Crippen molar-refractivity contribution in [2.45, 2.75) is 0 Å². The van der Waals surface area contributed by atoms with E-state index in [-0.39, 0.29) is 0 Å². The molecule has 0 atom stereocenters. The van der Waals surface area contributed by atoms with E-state index in [1.165, 1.54) is 6.20 Å². The number of imidazole rings is 1. The molecule has 0 unspecified atom stereocenters. The van der Waals surface area contributed by atoms with E-state index in [0.717, 1.165) is 34.2 Å². The van der Waals surface area contributed by atoms with E-state index in [9.17, 15) is 0 Å². The van der Waals surface area contributed by atoms with Crippen molar-refractivity contribution in [3.63, 3.8) is 0 Å². The fourth-order valence-corrected chi connectivity index (χ4v) is 3.44. The summed E-state index contributed by atoms with van der Waals surface area (Å²) in [5.74, 6) is 3.43. The molecule has 6 nitrogen and oxygen atoms in total. The SMILES string of the molecule is NC=CC=Nc1ccc(-c2cccc(-c3ccc(-c4nccn4-c4ccccc4)o3)c2)o1. The molecule has 3 aromatic heterocycles. The lowest BCUT2D eigenvalue weighted by Crippen LogP contribution is -1.94. The fraction of sp³-hybridized carbons (Fsp3) is 0. The highest BCUT2D eigenvalue weighted by molar-refractivity contribution is 5.74. The molecule has 3 heterocycles. The zero-order valence-corrected chi connectivity index (χ0v) is 17.1. The van der Waals surface area contributed by atoms with Gasteiger partial charge < -0.3 is 14.6 Å². The third-order valence-corrected chi connectivity index (χ3v) is 4.92. The van der Waals surface area contributed by atoms with Crippen LogP contribution in [-0.2, 0) is 0 Å². The first-order chi connectivity index (χ1) is 15.8. The van der Waals surface area contributed by atoms with Crippen molar-refractivity contribution in [1.82, 2.24) is 9.55 Å². The van der Waals surface area contributed by atoms with E-state index >= 15 is 0 Å². The van der Waals surface area contributed by atoms with E-state index < -0.39 is 0 Å². The molecule has 0 aliphatic carbocycles. The van der Waals surface area contributed by atoms with Gasteiger partial charge >= 0.3 is 0 Å². The lowest BCUT2D eigenvalue weighted by atomic mass is 10.1. The Hall–Kier alpha value is -4.58. The van der Waals surface area contributed by atoms with E-state index in [1.54, 1.807) is 18.5 Å². The average Bonchev–Trinajstić information content (AvgIpc) is 3.60. The van der Waals surface area contributed by atoms with Crippen LogP contribution in [0.15, 0.2) is 117 Å². The highest BCUT2D eigenvalue weighted by atomic mass is 16.4. The number of benzene rings is 2. The second-order valence-corrected chi connectivity index (χ2v) is 7.00. The fourth-order valence-electron chi connectivity index (χ4n) is 3.44. The van der Waals surface area contributed by atoms with Crippen molar-refractivity contribution in [2.24, 2.45) is 10.7 Å². The highest BCUT2D eigenvalue weighted by Gasteiger charge is 2.14. The van der Waals surface area contributed by atoms with Crippen LogP contribution in [0.5, 0.6) is 0 Å². The van der Waals surface area contributed by atoms with E-state index in [4.69, 9.17) is 14.6 Å². The van der Waals surface area contributed by atoms with Gasteiger partial charge in [0.05, 0.1) is 0 Å². The Bertz CT molecular complexity index is 1390. The second-order valence-electron chi connectivity index (χ2n) is 7.00. The van der Waals surface area contributed by atoms with Crippen LogP contribution in [0.1, 0.15) is 0 Å². The zero-order chi connectivity index (χ0) is 21.8. The first kappa shape index (κ1) is 19.4. The van der Waals surface area contributed by atoms with Crippen molar-refractivity contribution < 1.29 is 8.83 Å². The van der Waals surface area contributed by atoms with Crippen molar-refractivity contribution in [3.8, 4) is 39.9 Å². The Morgan fingerprint density at radius 3 is 2.38 bits per heavy atom. The molecular weight excluding hydrogens is 400 g/mol. The lowest BCUT2D eigenvalue weighted by molar-refractivity contribution is 0.589. The largest absolute Gasteiger partial charge is 0.453 e. The Morgan fingerprint density at radius 2 is 1.56 bits per heavy atom. The van der Waals surface area contributed by atoms with E-state index in [1.807, 2.05) is 89.6 Å². The molecule has 0 saturated carbocycles. The van der Waals surface area contributed by atoms with Crippen LogP contribution >= 0.6 is 0 Å². The summed E-state index contributed by atoms with van der Waals surface area (Å²) in [6, 6.07) is 25.6. The molecule has 0 amide bonds. The smallest absolute Gasteiger partial charge is 0.219 e. The summed E-state index contributed by atoms with van der Waals surface area (Å²) in [7, 11) is 0. The van der Waals surface area contributed by atoms with Gasteiger partial charge in [0.15, 0.2) is 11.6 Å².